The predicted octanol–water partition coefficient (Wildman–Crippen LogP) is 4.21. The quantitative estimate of drug-likeness (QED) is 0.623. The normalized spacial score (nSPS) is 15.9. The molecule has 3 aromatic rings. The van der Waals surface area contributed by atoms with Gasteiger partial charge in [0.15, 0.2) is 0 Å². The number of likely N-dealkylation sites (tertiary alicyclic amines) is 1. The lowest BCUT2D eigenvalue weighted by Gasteiger charge is -2.31. The van der Waals surface area contributed by atoms with Crippen LogP contribution >= 0.6 is 11.3 Å². The monoisotopic (exact) mass is 437 g/mol. The number of hydrogen-bond acceptors (Lipinski definition) is 6. The Morgan fingerprint density at radius 1 is 1.03 bits per heavy atom. The van der Waals surface area contributed by atoms with Crippen molar-refractivity contribution in [3.63, 3.8) is 0 Å². The largest absolute Gasteiger partial charge is 0.497 e. The summed E-state index contributed by atoms with van der Waals surface area (Å²) < 4.78 is 5.12. The third-order valence-electron chi connectivity index (χ3n) is 5.07. The molecule has 0 aliphatic carbocycles. The van der Waals surface area contributed by atoms with Gasteiger partial charge in [-0.2, -0.15) is 0 Å². The van der Waals surface area contributed by atoms with E-state index in [1.807, 2.05) is 30.3 Å². The Bertz CT molecular complexity index is 1040. The van der Waals surface area contributed by atoms with Crippen molar-refractivity contribution in [3.8, 4) is 5.75 Å². The van der Waals surface area contributed by atoms with E-state index in [0.717, 1.165) is 23.5 Å². The number of methoxy groups -OCH3 is 1. The molecule has 1 aliphatic rings. The Balaban J connectivity index is 1.37. The standard InChI is InChI=1S/C22H23N5O3S/c1-30-18-11-9-17(10-12-18)23-19(28)21-26-25-20(31-21)15-6-5-13-27(14-15)22(29)24-16-7-3-2-4-8-16/h2-4,7-12,15H,5-6,13-14H2,1H3,(H,23,28)(H,24,29)/t15-/m1/s1. The molecule has 0 spiro atoms. The number of rotatable bonds is 5. The molecule has 1 fully saturated rings. The summed E-state index contributed by atoms with van der Waals surface area (Å²) in [6.45, 7) is 1.24. The van der Waals surface area contributed by atoms with Crippen LogP contribution in [0.2, 0.25) is 0 Å². The predicted molar refractivity (Wildman–Crippen MR) is 120 cm³/mol. The molecule has 1 saturated heterocycles. The zero-order valence-corrected chi connectivity index (χ0v) is 17.9. The lowest BCUT2D eigenvalue weighted by Crippen LogP contribution is -2.41. The first-order chi connectivity index (χ1) is 15.1. The summed E-state index contributed by atoms with van der Waals surface area (Å²) >= 11 is 1.27. The molecule has 0 radical (unpaired) electrons. The molecule has 2 heterocycles. The maximum absolute atomic E-state index is 12.6. The van der Waals surface area contributed by atoms with Gasteiger partial charge in [-0.3, -0.25) is 4.79 Å². The Morgan fingerprint density at radius 2 is 1.77 bits per heavy atom. The maximum atomic E-state index is 12.6. The highest BCUT2D eigenvalue weighted by molar-refractivity contribution is 7.13. The van der Waals surface area contributed by atoms with Gasteiger partial charge < -0.3 is 20.3 Å². The number of carbonyl (C=O) groups is 2. The lowest BCUT2D eigenvalue weighted by molar-refractivity contribution is 0.102. The van der Waals surface area contributed by atoms with Gasteiger partial charge in [-0.15, -0.1) is 10.2 Å². The van der Waals surface area contributed by atoms with E-state index in [-0.39, 0.29) is 17.9 Å². The number of para-hydroxylation sites is 1. The van der Waals surface area contributed by atoms with Gasteiger partial charge in [-0.05, 0) is 49.2 Å². The first-order valence-corrected chi connectivity index (χ1v) is 10.8. The zero-order chi connectivity index (χ0) is 21.6. The minimum atomic E-state index is -0.302. The van der Waals surface area contributed by atoms with Crippen LogP contribution in [0.15, 0.2) is 54.6 Å². The van der Waals surface area contributed by atoms with Gasteiger partial charge in [0, 0.05) is 30.4 Å². The van der Waals surface area contributed by atoms with E-state index in [1.165, 1.54) is 11.3 Å². The zero-order valence-electron chi connectivity index (χ0n) is 17.1. The van der Waals surface area contributed by atoms with Crippen LogP contribution in [0, 0.1) is 0 Å². The van der Waals surface area contributed by atoms with E-state index < -0.39 is 0 Å². The highest BCUT2D eigenvalue weighted by Gasteiger charge is 2.28. The van der Waals surface area contributed by atoms with Gasteiger partial charge in [0.2, 0.25) is 5.01 Å². The van der Waals surface area contributed by atoms with Crippen molar-refractivity contribution in [2.75, 3.05) is 30.8 Å². The number of carbonyl (C=O) groups excluding carboxylic acids is 2. The van der Waals surface area contributed by atoms with Gasteiger partial charge in [-0.1, -0.05) is 29.5 Å². The summed E-state index contributed by atoms with van der Waals surface area (Å²) in [6.07, 6.45) is 1.78. The number of ether oxygens (including phenoxy) is 1. The topological polar surface area (TPSA) is 96.4 Å². The number of nitrogens with one attached hydrogen (secondary N) is 2. The minimum Gasteiger partial charge on any atom is -0.497 e. The van der Waals surface area contributed by atoms with Crippen LogP contribution in [-0.2, 0) is 0 Å². The van der Waals surface area contributed by atoms with Crippen molar-refractivity contribution in [2.45, 2.75) is 18.8 Å². The second-order valence-corrected chi connectivity index (χ2v) is 8.22. The number of benzene rings is 2. The van der Waals surface area contributed by atoms with Gasteiger partial charge in [0.1, 0.15) is 10.8 Å². The molecule has 9 heteroatoms. The van der Waals surface area contributed by atoms with Gasteiger partial charge in [0.05, 0.1) is 7.11 Å². The molecule has 31 heavy (non-hydrogen) atoms. The summed E-state index contributed by atoms with van der Waals surface area (Å²) in [6, 6.07) is 16.4. The van der Waals surface area contributed by atoms with Crippen LogP contribution in [0.3, 0.4) is 0 Å². The SMILES string of the molecule is COc1ccc(NC(=O)c2nnc([C@@H]3CCCN(C(=O)Nc4ccccc4)C3)s2)cc1. The van der Waals surface area contributed by atoms with Crippen molar-refractivity contribution in [1.29, 1.82) is 0 Å². The lowest BCUT2D eigenvalue weighted by atomic mass is 9.99. The Morgan fingerprint density at radius 3 is 2.52 bits per heavy atom. The average molecular weight is 438 g/mol. The molecular weight excluding hydrogens is 414 g/mol. The Kier molecular flexibility index (Phi) is 6.42. The molecule has 1 atom stereocenters. The highest BCUT2D eigenvalue weighted by Crippen LogP contribution is 2.30. The number of urea groups is 1. The highest BCUT2D eigenvalue weighted by atomic mass is 32.1. The van der Waals surface area contributed by atoms with Crippen molar-refractivity contribution in [2.24, 2.45) is 0 Å². The smallest absolute Gasteiger partial charge is 0.321 e. The molecular formula is C22H23N5O3S. The van der Waals surface area contributed by atoms with Crippen LogP contribution in [0.25, 0.3) is 0 Å². The van der Waals surface area contributed by atoms with E-state index in [4.69, 9.17) is 4.74 Å². The van der Waals surface area contributed by atoms with Gasteiger partial charge in [-0.25, -0.2) is 4.79 Å². The molecule has 0 unspecified atom stereocenters. The third-order valence-corrected chi connectivity index (χ3v) is 6.15. The number of amides is 3. The van der Waals surface area contributed by atoms with Crippen LogP contribution < -0.4 is 15.4 Å². The summed E-state index contributed by atoms with van der Waals surface area (Å²) in [5, 5.41) is 15.1. The molecule has 2 N–H and O–H groups in total. The van der Waals surface area contributed by atoms with Crippen LogP contribution in [-0.4, -0.2) is 47.2 Å². The fourth-order valence-corrected chi connectivity index (χ4v) is 4.30. The van der Waals surface area contributed by atoms with Crippen molar-refractivity contribution >= 4 is 34.6 Å². The molecule has 1 aromatic heterocycles. The fraction of sp³-hybridized carbons (Fsp3) is 0.273. The van der Waals surface area contributed by atoms with E-state index in [1.54, 1.807) is 36.3 Å². The Labute approximate surface area is 184 Å². The molecule has 0 saturated carbocycles. The molecule has 4 rings (SSSR count). The second kappa shape index (κ2) is 9.57. The molecule has 2 aromatic carbocycles. The Hall–Kier alpha value is -3.46. The average Bonchev–Trinajstić information content (AvgIpc) is 3.31. The summed E-state index contributed by atoms with van der Waals surface area (Å²) in [7, 11) is 1.59. The van der Waals surface area contributed by atoms with Gasteiger partial charge >= 0.3 is 6.03 Å². The summed E-state index contributed by atoms with van der Waals surface area (Å²) in [4.78, 5) is 26.9. The fourth-order valence-electron chi connectivity index (χ4n) is 3.44. The number of aromatic nitrogens is 2. The van der Waals surface area contributed by atoms with Gasteiger partial charge in [0.25, 0.3) is 5.91 Å². The number of piperidine rings is 1. The minimum absolute atomic E-state index is 0.0651. The molecule has 8 nitrogen and oxygen atoms in total. The maximum Gasteiger partial charge on any atom is 0.321 e. The van der Waals surface area contributed by atoms with E-state index in [2.05, 4.69) is 20.8 Å². The van der Waals surface area contributed by atoms with Crippen LogP contribution in [0.1, 0.15) is 33.6 Å². The van der Waals surface area contributed by atoms with Crippen molar-refractivity contribution in [1.82, 2.24) is 15.1 Å². The first kappa shape index (κ1) is 20.8. The van der Waals surface area contributed by atoms with Crippen LogP contribution in [0.5, 0.6) is 5.75 Å². The molecule has 0 bridgehead atoms. The van der Waals surface area contributed by atoms with E-state index >= 15 is 0 Å². The van der Waals surface area contributed by atoms with Crippen molar-refractivity contribution in [3.05, 3.63) is 64.6 Å². The number of hydrogen-bond donors (Lipinski definition) is 2. The first-order valence-electron chi connectivity index (χ1n) is 10.0. The number of anilines is 2. The van der Waals surface area contributed by atoms with Crippen molar-refractivity contribution < 1.29 is 14.3 Å². The summed E-state index contributed by atoms with van der Waals surface area (Å²) in [5.74, 6) is 0.480. The summed E-state index contributed by atoms with van der Waals surface area (Å²) in [5.41, 5.74) is 1.42. The van der Waals surface area contributed by atoms with E-state index in [0.29, 0.717) is 29.5 Å². The number of nitrogens with zero attached hydrogens (tertiary/aromatic N) is 3. The second-order valence-electron chi connectivity index (χ2n) is 7.21. The van der Waals surface area contributed by atoms with Crippen LogP contribution in [0.4, 0.5) is 16.2 Å². The molecule has 160 valence electrons. The third kappa shape index (κ3) is 5.18. The molecule has 3 amide bonds. The van der Waals surface area contributed by atoms with E-state index in [9.17, 15) is 9.59 Å². The molecule has 1 aliphatic heterocycles.